The Kier molecular flexibility index (Phi) is 3.11. The molecule has 0 spiro atoms. The number of hydrogen-bond donors (Lipinski definition) is 3. The van der Waals surface area contributed by atoms with Crippen LogP contribution in [0.5, 0.6) is 0 Å². The summed E-state index contributed by atoms with van der Waals surface area (Å²) >= 11 is 0. The lowest BCUT2D eigenvalue weighted by Gasteiger charge is -2.45. The number of imide groups is 1. The molecule has 3 aliphatic rings. The molecule has 0 saturated carbocycles. The van der Waals surface area contributed by atoms with Crippen LogP contribution in [-0.2, 0) is 10.5 Å². The lowest BCUT2D eigenvalue weighted by atomic mass is 9.95. The number of fused-ring (bicyclic) bond motifs is 13. The molecule has 2 aromatic heterocycles. The maximum absolute atomic E-state index is 13.2. The minimum atomic E-state index is -1.30. The van der Waals surface area contributed by atoms with Crippen molar-refractivity contribution in [2.75, 3.05) is 0 Å². The third kappa shape index (κ3) is 1.83. The molecule has 5 heterocycles. The van der Waals surface area contributed by atoms with E-state index in [0.717, 1.165) is 27.3 Å². The van der Waals surface area contributed by atoms with Gasteiger partial charge in [-0.05, 0) is 19.1 Å². The van der Waals surface area contributed by atoms with E-state index in [4.69, 9.17) is 4.74 Å². The van der Waals surface area contributed by atoms with E-state index in [0.29, 0.717) is 27.4 Å². The Morgan fingerprint density at radius 3 is 2.21 bits per heavy atom. The van der Waals surface area contributed by atoms with Crippen LogP contribution in [0.1, 0.15) is 40.3 Å². The molecule has 3 N–H and O–H groups in total. The summed E-state index contributed by atoms with van der Waals surface area (Å²) in [6.45, 7) is 1.78. The van der Waals surface area contributed by atoms with Crippen molar-refractivity contribution in [3.8, 4) is 0 Å². The van der Waals surface area contributed by atoms with E-state index in [1.807, 2.05) is 57.7 Å². The van der Waals surface area contributed by atoms with Crippen molar-refractivity contribution in [3.05, 3.63) is 59.7 Å². The second-order valence-corrected chi connectivity index (χ2v) is 9.60. The Morgan fingerprint density at radius 2 is 1.50 bits per heavy atom. The van der Waals surface area contributed by atoms with Crippen molar-refractivity contribution in [2.24, 2.45) is 0 Å². The van der Waals surface area contributed by atoms with Crippen LogP contribution in [0.2, 0.25) is 0 Å². The maximum atomic E-state index is 13.2. The van der Waals surface area contributed by atoms with Gasteiger partial charge in [-0.1, -0.05) is 36.4 Å². The topological polar surface area (TPSA) is 106 Å². The number of carbonyl (C=O) groups is 2. The molecule has 0 aliphatic carbocycles. The first-order valence-electron chi connectivity index (χ1n) is 11.3. The second kappa shape index (κ2) is 5.67. The number of hydrogen-bond acceptors (Lipinski definition) is 5. The molecule has 8 heteroatoms. The fraction of sp³-hybridized carbons (Fsp3) is 0.231. The minimum absolute atomic E-state index is 0.191. The SMILES string of the molecule is CC12OC(CC(O)C1O)n1c3ccccc3c3c4c(c5c6ccccc6n2c5c31)C(=O)NC4=O. The van der Waals surface area contributed by atoms with Gasteiger partial charge in [-0.3, -0.25) is 14.9 Å². The predicted octanol–water partition coefficient (Wildman–Crippen LogP) is 3.11. The van der Waals surface area contributed by atoms with E-state index in [2.05, 4.69) is 5.32 Å². The van der Waals surface area contributed by atoms with Gasteiger partial charge in [-0.2, -0.15) is 0 Å². The minimum Gasteiger partial charge on any atom is -0.390 e. The third-order valence-electron chi connectivity index (χ3n) is 7.90. The molecule has 34 heavy (non-hydrogen) atoms. The van der Waals surface area contributed by atoms with Gasteiger partial charge in [0.25, 0.3) is 11.8 Å². The van der Waals surface area contributed by atoms with Crippen molar-refractivity contribution < 1.29 is 24.5 Å². The molecule has 8 nitrogen and oxygen atoms in total. The van der Waals surface area contributed by atoms with Crippen molar-refractivity contribution in [1.82, 2.24) is 14.5 Å². The van der Waals surface area contributed by atoms with E-state index >= 15 is 0 Å². The zero-order chi connectivity index (χ0) is 23.1. The quantitative estimate of drug-likeness (QED) is 0.313. The highest BCUT2D eigenvalue weighted by Crippen LogP contribution is 2.53. The molecule has 4 unspecified atom stereocenters. The lowest BCUT2D eigenvalue weighted by Crippen LogP contribution is -2.55. The van der Waals surface area contributed by atoms with Crippen molar-refractivity contribution in [1.29, 1.82) is 0 Å². The number of rotatable bonds is 0. The van der Waals surface area contributed by atoms with Crippen molar-refractivity contribution in [3.63, 3.8) is 0 Å². The summed E-state index contributed by atoms with van der Waals surface area (Å²) in [6, 6.07) is 15.3. The van der Waals surface area contributed by atoms with Gasteiger partial charge in [0.15, 0.2) is 5.72 Å². The highest BCUT2D eigenvalue weighted by molar-refractivity contribution is 6.39. The number of ether oxygens (including phenoxy) is 1. The second-order valence-electron chi connectivity index (χ2n) is 9.60. The first-order chi connectivity index (χ1) is 16.4. The van der Waals surface area contributed by atoms with Gasteiger partial charge in [-0.15, -0.1) is 0 Å². The highest BCUT2D eigenvalue weighted by atomic mass is 16.6. The van der Waals surface area contributed by atoms with Gasteiger partial charge < -0.3 is 24.1 Å². The molecule has 4 atom stereocenters. The van der Waals surface area contributed by atoms with Crippen molar-refractivity contribution in [2.45, 2.75) is 37.5 Å². The average molecular weight is 453 g/mol. The summed E-state index contributed by atoms with van der Waals surface area (Å²) < 4.78 is 10.6. The number of aliphatic hydroxyl groups excluding tert-OH is 2. The number of carbonyl (C=O) groups excluding carboxylic acids is 2. The molecule has 3 aromatic carbocycles. The van der Waals surface area contributed by atoms with Crippen LogP contribution in [-0.4, -0.2) is 43.4 Å². The van der Waals surface area contributed by atoms with Gasteiger partial charge >= 0.3 is 0 Å². The first kappa shape index (κ1) is 18.7. The largest absolute Gasteiger partial charge is 0.390 e. The van der Waals surface area contributed by atoms with E-state index in [-0.39, 0.29) is 6.42 Å². The Morgan fingerprint density at radius 1 is 0.912 bits per heavy atom. The van der Waals surface area contributed by atoms with Gasteiger partial charge in [0.05, 0.1) is 39.3 Å². The molecule has 5 aromatic rings. The summed E-state index contributed by atoms with van der Waals surface area (Å²) in [5.74, 6) is -0.846. The monoisotopic (exact) mass is 453 g/mol. The molecule has 8 rings (SSSR count). The van der Waals surface area contributed by atoms with Gasteiger partial charge in [0, 0.05) is 28.0 Å². The van der Waals surface area contributed by atoms with Gasteiger partial charge in [0.1, 0.15) is 12.3 Å². The molecular weight excluding hydrogens is 434 g/mol. The first-order valence-corrected chi connectivity index (χ1v) is 11.3. The number of amides is 2. The number of para-hydroxylation sites is 2. The van der Waals surface area contributed by atoms with Crippen LogP contribution in [0.4, 0.5) is 0 Å². The summed E-state index contributed by atoms with van der Waals surface area (Å²) in [4.78, 5) is 26.4. The van der Waals surface area contributed by atoms with Crippen LogP contribution >= 0.6 is 0 Å². The van der Waals surface area contributed by atoms with Crippen LogP contribution < -0.4 is 5.32 Å². The lowest BCUT2D eigenvalue weighted by molar-refractivity contribution is -0.272. The molecule has 168 valence electrons. The van der Waals surface area contributed by atoms with Crippen LogP contribution in [0.3, 0.4) is 0 Å². The normalized spacial score (nSPS) is 27.8. The number of aliphatic hydroxyl groups is 2. The molecule has 1 fully saturated rings. The fourth-order valence-corrected chi connectivity index (χ4v) is 6.59. The molecule has 1 saturated heterocycles. The Balaban J connectivity index is 1.79. The predicted molar refractivity (Wildman–Crippen MR) is 125 cm³/mol. The molecule has 2 amide bonds. The number of nitrogens with zero attached hydrogens (tertiary/aromatic N) is 2. The molecule has 2 bridgehead atoms. The molecule has 0 radical (unpaired) electrons. The Bertz CT molecular complexity index is 1800. The smallest absolute Gasteiger partial charge is 0.259 e. The van der Waals surface area contributed by atoms with E-state index in [9.17, 15) is 19.8 Å². The van der Waals surface area contributed by atoms with Gasteiger partial charge in [-0.25, -0.2) is 0 Å². The zero-order valence-electron chi connectivity index (χ0n) is 18.1. The van der Waals surface area contributed by atoms with Crippen LogP contribution in [0.15, 0.2) is 48.5 Å². The highest BCUT2D eigenvalue weighted by Gasteiger charge is 2.52. The fourth-order valence-electron chi connectivity index (χ4n) is 6.59. The zero-order valence-corrected chi connectivity index (χ0v) is 18.1. The van der Waals surface area contributed by atoms with E-state index < -0.39 is 36.0 Å². The summed E-state index contributed by atoms with van der Waals surface area (Å²) in [7, 11) is 0. The van der Waals surface area contributed by atoms with E-state index in [1.54, 1.807) is 6.92 Å². The summed E-state index contributed by atoms with van der Waals surface area (Å²) in [6.07, 6.45) is -2.61. The Hall–Kier alpha value is -3.72. The Labute approximate surface area is 191 Å². The van der Waals surface area contributed by atoms with Crippen LogP contribution in [0.25, 0.3) is 43.6 Å². The number of aromatic nitrogens is 2. The number of nitrogens with one attached hydrogen (secondary N) is 1. The van der Waals surface area contributed by atoms with E-state index in [1.165, 1.54) is 0 Å². The van der Waals surface area contributed by atoms with Gasteiger partial charge in [0.2, 0.25) is 0 Å². The maximum Gasteiger partial charge on any atom is 0.259 e. The molecule has 3 aliphatic heterocycles. The number of benzene rings is 3. The standard InChI is InChI=1S/C26H19N3O5/c1-26-23(31)15(30)10-16(34-26)28-13-8-4-2-6-11(13)17-19-20(25(33)27-24(19)32)18-12-7-3-5-9-14(12)29(26)22(18)21(17)28/h2-9,15-16,23,30-31H,10H2,1H3,(H,27,32,33). The molecular formula is C26H19N3O5. The van der Waals surface area contributed by atoms with Crippen LogP contribution in [0, 0.1) is 0 Å². The summed E-state index contributed by atoms with van der Waals surface area (Å²) in [5, 5.41) is 27.7. The average Bonchev–Trinajstić information content (AvgIpc) is 3.42. The summed E-state index contributed by atoms with van der Waals surface area (Å²) in [5.41, 5.74) is 2.50. The third-order valence-corrected chi connectivity index (χ3v) is 7.90. The van der Waals surface area contributed by atoms with Crippen molar-refractivity contribution >= 4 is 55.4 Å².